The molecule has 0 unspecified atom stereocenters. The molecule has 14 heavy (non-hydrogen) atoms. The Hall–Kier alpha value is -1.05. The predicted molar refractivity (Wildman–Crippen MR) is 61.5 cm³/mol. The molecule has 0 saturated carbocycles. The number of anilines is 1. The first-order valence-corrected chi connectivity index (χ1v) is 5.29. The first kappa shape index (κ1) is 11.0. The third-order valence-corrected chi connectivity index (χ3v) is 1.90. The van der Waals surface area contributed by atoms with Gasteiger partial charge < -0.3 is 5.32 Å². The van der Waals surface area contributed by atoms with Crippen molar-refractivity contribution in [3.8, 4) is 0 Å². The Labute approximate surface area is 86.8 Å². The Morgan fingerprint density at radius 1 is 1.29 bits per heavy atom. The van der Waals surface area contributed by atoms with Crippen molar-refractivity contribution >= 4 is 5.82 Å². The summed E-state index contributed by atoms with van der Waals surface area (Å²) in [5, 5.41) is 3.31. The van der Waals surface area contributed by atoms with Crippen LogP contribution in [0.1, 0.15) is 33.3 Å². The number of hydrogen-bond acceptors (Lipinski definition) is 2. The second-order valence-corrected chi connectivity index (χ2v) is 4.45. The molecule has 0 aliphatic rings. The minimum Gasteiger partial charge on any atom is -0.368 e. The van der Waals surface area contributed by atoms with E-state index in [4.69, 9.17) is 0 Å². The molecule has 1 aromatic heterocycles. The van der Waals surface area contributed by atoms with Gasteiger partial charge in [-0.1, -0.05) is 13.8 Å². The zero-order chi connectivity index (χ0) is 10.6. The van der Waals surface area contributed by atoms with Gasteiger partial charge in [-0.15, -0.1) is 0 Å². The second kappa shape index (κ2) is 4.99. The molecule has 1 heterocycles. The largest absolute Gasteiger partial charge is 0.368 e. The lowest BCUT2D eigenvalue weighted by Gasteiger charge is -2.10. The third-order valence-electron chi connectivity index (χ3n) is 1.90. The summed E-state index contributed by atoms with van der Waals surface area (Å²) in [5.41, 5.74) is 1.36. The van der Waals surface area contributed by atoms with E-state index in [9.17, 15) is 0 Å². The summed E-state index contributed by atoms with van der Waals surface area (Å²) in [4.78, 5) is 4.28. The predicted octanol–water partition coefficient (Wildman–Crippen LogP) is 3.10. The fourth-order valence-corrected chi connectivity index (χ4v) is 1.45. The molecule has 2 nitrogen and oxygen atoms in total. The van der Waals surface area contributed by atoms with Gasteiger partial charge in [0.05, 0.1) is 0 Å². The van der Waals surface area contributed by atoms with Gasteiger partial charge in [-0.3, -0.25) is 0 Å². The lowest BCUT2D eigenvalue weighted by Crippen LogP contribution is -2.11. The van der Waals surface area contributed by atoms with Crippen LogP contribution in [0.25, 0.3) is 0 Å². The van der Waals surface area contributed by atoms with Crippen molar-refractivity contribution in [2.24, 2.45) is 5.92 Å². The Balaban J connectivity index is 2.68. The van der Waals surface area contributed by atoms with E-state index in [0.29, 0.717) is 12.0 Å². The molecular formula is C12H20N2. The summed E-state index contributed by atoms with van der Waals surface area (Å²) in [6.07, 6.45) is 3.00. The maximum Gasteiger partial charge on any atom is 0.126 e. The highest BCUT2D eigenvalue weighted by Gasteiger charge is 2.00. The maximum atomic E-state index is 4.28. The molecule has 0 saturated heterocycles. The minimum absolute atomic E-state index is 0.441. The van der Waals surface area contributed by atoms with Gasteiger partial charge in [0.1, 0.15) is 5.82 Å². The molecule has 1 rings (SSSR count). The lowest BCUT2D eigenvalue weighted by molar-refractivity contribution is 0.647. The van der Waals surface area contributed by atoms with Crippen LogP contribution in [0.4, 0.5) is 5.82 Å². The van der Waals surface area contributed by atoms with Crippen LogP contribution in [0, 0.1) is 5.92 Å². The van der Waals surface area contributed by atoms with Gasteiger partial charge in [0.15, 0.2) is 0 Å². The molecule has 0 aliphatic carbocycles. The monoisotopic (exact) mass is 192 g/mol. The van der Waals surface area contributed by atoms with Crippen LogP contribution in [0.3, 0.4) is 0 Å². The van der Waals surface area contributed by atoms with E-state index in [0.717, 1.165) is 12.2 Å². The molecule has 78 valence electrons. The van der Waals surface area contributed by atoms with Gasteiger partial charge in [-0.05, 0) is 43.9 Å². The number of nitrogens with one attached hydrogen (secondary N) is 1. The van der Waals surface area contributed by atoms with Crippen molar-refractivity contribution in [2.75, 3.05) is 5.32 Å². The van der Waals surface area contributed by atoms with E-state index < -0.39 is 0 Å². The van der Waals surface area contributed by atoms with E-state index in [1.54, 1.807) is 0 Å². The topological polar surface area (TPSA) is 24.9 Å². The summed E-state index contributed by atoms with van der Waals surface area (Å²) in [6, 6.07) is 4.67. The van der Waals surface area contributed by atoms with E-state index in [1.807, 2.05) is 6.20 Å². The molecule has 0 fully saturated rings. The Bertz CT molecular complexity index is 254. The van der Waals surface area contributed by atoms with E-state index in [1.165, 1.54) is 5.56 Å². The lowest BCUT2D eigenvalue weighted by atomic mass is 10.0. The highest BCUT2D eigenvalue weighted by Crippen LogP contribution is 2.12. The van der Waals surface area contributed by atoms with Gasteiger partial charge >= 0.3 is 0 Å². The van der Waals surface area contributed by atoms with Crippen molar-refractivity contribution in [3.05, 3.63) is 23.9 Å². The van der Waals surface area contributed by atoms with Gasteiger partial charge in [0.2, 0.25) is 0 Å². The zero-order valence-corrected chi connectivity index (χ0v) is 9.54. The zero-order valence-electron chi connectivity index (χ0n) is 9.54. The van der Waals surface area contributed by atoms with Crippen molar-refractivity contribution in [3.63, 3.8) is 0 Å². The third kappa shape index (κ3) is 3.77. The summed E-state index contributed by atoms with van der Waals surface area (Å²) in [7, 11) is 0. The van der Waals surface area contributed by atoms with Crippen molar-refractivity contribution < 1.29 is 0 Å². The van der Waals surface area contributed by atoms with Gasteiger partial charge in [-0.2, -0.15) is 0 Å². The fraction of sp³-hybridized carbons (Fsp3) is 0.583. The number of nitrogens with zero attached hydrogens (tertiary/aromatic N) is 1. The number of pyridine rings is 1. The Morgan fingerprint density at radius 3 is 2.57 bits per heavy atom. The second-order valence-electron chi connectivity index (χ2n) is 4.45. The van der Waals surface area contributed by atoms with Crippen molar-refractivity contribution in [1.82, 2.24) is 4.98 Å². The molecule has 0 aromatic carbocycles. The van der Waals surface area contributed by atoms with Gasteiger partial charge in [-0.25, -0.2) is 4.98 Å². The molecule has 1 aromatic rings. The van der Waals surface area contributed by atoms with Gasteiger partial charge in [0, 0.05) is 12.2 Å². The number of hydrogen-bond donors (Lipinski definition) is 1. The molecular weight excluding hydrogens is 172 g/mol. The summed E-state index contributed by atoms with van der Waals surface area (Å²) in [5.74, 6) is 1.68. The standard InChI is InChI=1S/C12H20N2/c1-9(2)7-11-5-6-13-12(8-11)14-10(3)4/h5-6,8-10H,7H2,1-4H3,(H,13,14). The van der Waals surface area contributed by atoms with Crippen LogP contribution in [-0.4, -0.2) is 11.0 Å². The molecule has 0 atom stereocenters. The number of rotatable bonds is 4. The first-order valence-electron chi connectivity index (χ1n) is 5.29. The van der Waals surface area contributed by atoms with Gasteiger partial charge in [0.25, 0.3) is 0 Å². The summed E-state index contributed by atoms with van der Waals surface area (Å²) in [6.45, 7) is 8.71. The first-order chi connectivity index (χ1) is 6.58. The molecule has 0 spiro atoms. The number of aromatic nitrogens is 1. The summed E-state index contributed by atoms with van der Waals surface area (Å²) < 4.78 is 0. The van der Waals surface area contributed by atoms with Crippen LogP contribution in [0.5, 0.6) is 0 Å². The average Bonchev–Trinajstić information content (AvgIpc) is 2.01. The van der Waals surface area contributed by atoms with Crippen LogP contribution in [-0.2, 0) is 6.42 Å². The Morgan fingerprint density at radius 2 is 2.00 bits per heavy atom. The molecule has 2 heteroatoms. The average molecular weight is 192 g/mol. The highest BCUT2D eigenvalue weighted by molar-refractivity contribution is 5.38. The quantitative estimate of drug-likeness (QED) is 0.793. The normalized spacial score (nSPS) is 11.0. The van der Waals surface area contributed by atoms with E-state index >= 15 is 0 Å². The SMILES string of the molecule is CC(C)Cc1ccnc(NC(C)C)c1. The maximum absolute atomic E-state index is 4.28. The summed E-state index contributed by atoms with van der Waals surface area (Å²) >= 11 is 0. The molecule has 0 radical (unpaired) electrons. The molecule has 0 amide bonds. The van der Waals surface area contributed by atoms with Crippen LogP contribution in [0.15, 0.2) is 18.3 Å². The fourth-order valence-electron chi connectivity index (χ4n) is 1.45. The smallest absolute Gasteiger partial charge is 0.126 e. The van der Waals surface area contributed by atoms with Crippen molar-refractivity contribution in [2.45, 2.75) is 40.2 Å². The highest BCUT2D eigenvalue weighted by atomic mass is 15.0. The molecule has 1 N–H and O–H groups in total. The molecule has 0 aliphatic heterocycles. The van der Waals surface area contributed by atoms with E-state index in [2.05, 4.69) is 50.1 Å². The van der Waals surface area contributed by atoms with Crippen LogP contribution < -0.4 is 5.32 Å². The molecule has 0 bridgehead atoms. The minimum atomic E-state index is 0.441. The van der Waals surface area contributed by atoms with Crippen molar-refractivity contribution in [1.29, 1.82) is 0 Å². The van der Waals surface area contributed by atoms with Crippen LogP contribution >= 0.6 is 0 Å². The van der Waals surface area contributed by atoms with Crippen LogP contribution in [0.2, 0.25) is 0 Å². The Kier molecular flexibility index (Phi) is 3.93. The van der Waals surface area contributed by atoms with E-state index in [-0.39, 0.29) is 0 Å².